The average molecular weight is 398 g/mol. The van der Waals surface area contributed by atoms with Gasteiger partial charge in [-0.25, -0.2) is 0 Å². The Balaban J connectivity index is 2.77. The van der Waals surface area contributed by atoms with Crippen molar-refractivity contribution in [3.63, 3.8) is 0 Å². The van der Waals surface area contributed by atoms with Crippen LogP contribution in [-0.2, 0) is 14.3 Å². The SMILES string of the molecule is CCOC(=O)C(C)(C)C(=O)COc1cc(Cl)c(Br)cc1Cl. The first-order valence-corrected chi connectivity index (χ1v) is 7.73. The van der Waals surface area contributed by atoms with E-state index >= 15 is 0 Å². The van der Waals surface area contributed by atoms with Gasteiger partial charge in [0.25, 0.3) is 0 Å². The summed E-state index contributed by atoms with van der Waals surface area (Å²) in [5, 5.41) is 0.722. The maximum atomic E-state index is 12.1. The van der Waals surface area contributed by atoms with Crippen molar-refractivity contribution in [1.29, 1.82) is 0 Å². The fourth-order valence-corrected chi connectivity index (χ4v) is 2.21. The highest BCUT2D eigenvalue weighted by Gasteiger charge is 2.37. The minimum Gasteiger partial charge on any atom is -0.484 e. The van der Waals surface area contributed by atoms with E-state index in [1.807, 2.05) is 0 Å². The van der Waals surface area contributed by atoms with Crippen LogP contribution < -0.4 is 4.74 Å². The number of ketones is 1. The Morgan fingerprint density at radius 2 is 1.86 bits per heavy atom. The molecule has 0 aliphatic rings. The molecule has 1 aromatic carbocycles. The minimum absolute atomic E-state index is 0.213. The summed E-state index contributed by atoms with van der Waals surface area (Å²) in [6.07, 6.45) is 0. The minimum atomic E-state index is -1.28. The Bertz CT molecular complexity index is 558. The van der Waals surface area contributed by atoms with Gasteiger partial charge in [0.05, 0.1) is 16.7 Å². The van der Waals surface area contributed by atoms with E-state index in [1.165, 1.54) is 19.9 Å². The molecule has 7 heteroatoms. The van der Waals surface area contributed by atoms with Gasteiger partial charge in [-0.3, -0.25) is 9.59 Å². The van der Waals surface area contributed by atoms with E-state index in [2.05, 4.69) is 15.9 Å². The molecule has 4 nitrogen and oxygen atoms in total. The van der Waals surface area contributed by atoms with Crippen LogP contribution >= 0.6 is 39.1 Å². The smallest absolute Gasteiger partial charge is 0.319 e. The number of rotatable bonds is 6. The summed E-state index contributed by atoms with van der Waals surface area (Å²) in [6.45, 7) is 4.58. The number of Topliss-reactive ketones (excluding diaryl/α,β-unsaturated/α-hetero) is 1. The number of carbonyl (C=O) groups excluding carboxylic acids is 2. The van der Waals surface area contributed by atoms with Crippen LogP contribution in [0.2, 0.25) is 10.0 Å². The summed E-state index contributed by atoms with van der Waals surface area (Å²) in [7, 11) is 0. The lowest BCUT2D eigenvalue weighted by Gasteiger charge is -2.21. The Labute approximate surface area is 141 Å². The third kappa shape index (κ3) is 4.59. The fraction of sp³-hybridized carbons (Fsp3) is 0.429. The van der Waals surface area contributed by atoms with Gasteiger partial charge in [-0.2, -0.15) is 0 Å². The number of halogens is 3. The molecule has 0 saturated heterocycles. The van der Waals surface area contributed by atoms with Crippen molar-refractivity contribution in [3.8, 4) is 5.75 Å². The van der Waals surface area contributed by atoms with E-state index in [1.54, 1.807) is 13.0 Å². The Kier molecular flexibility index (Phi) is 6.50. The number of hydrogen-bond donors (Lipinski definition) is 0. The van der Waals surface area contributed by atoms with Crippen molar-refractivity contribution >= 4 is 50.9 Å². The summed E-state index contributed by atoms with van der Waals surface area (Å²) in [6, 6.07) is 3.07. The summed E-state index contributed by atoms with van der Waals surface area (Å²) in [5.74, 6) is -0.715. The van der Waals surface area contributed by atoms with Gasteiger partial charge >= 0.3 is 5.97 Å². The monoisotopic (exact) mass is 396 g/mol. The van der Waals surface area contributed by atoms with Crippen molar-refractivity contribution in [2.75, 3.05) is 13.2 Å². The first-order valence-electron chi connectivity index (χ1n) is 6.18. The lowest BCUT2D eigenvalue weighted by atomic mass is 9.88. The van der Waals surface area contributed by atoms with Crippen LogP contribution in [0.15, 0.2) is 16.6 Å². The van der Waals surface area contributed by atoms with E-state index in [4.69, 9.17) is 32.7 Å². The lowest BCUT2D eigenvalue weighted by molar-refractivity contribution is -0.158. The van der Waals surface area contributed by atoms with E-state index < -0.39 is 17.2 Å². The molecule has 0 spiro atoms. The number of ether oxygens (including phenoxy) is 2. The van der Waals surface area contributed by atoms with E-state index in [0.717, 1.165) is 0 Å². The first kappa shape index (κ1) is 18.3. The molecular formula is C14H15BrCl2O4. The fourth-order valence-electron chi connectivity index (χ4n) is 1.36. The normalized spacial score (nSPS) is 11.1. The second-order valence-corrected chi connectivity index (χ2v) is 6.42. The zero-order chi connectivity index (χ0) is 16.2. The molecule has 0 aliphatic heterocycles. The molecule has 116 valence electrons. The Hall–Kier alpha value is -0.780. The van der Waals surface area contributed by atoms with Crippen LogP contribution in [0.4, 0.5) is 0 Å². The van der Waals surface area contributed by atoms with Crippen LogP contribution in [0, 0.1) is 5.41 Å². The number of esters is 1. The van der Waals surface area contributed by atoms with Crippen molar-refractivity contribution in [3.05, 3.63) is 26.7 Å². The molecule has 0 aliphatic carbocycles. The second-order valence-electron chi connectivity index (χ2n) is 4.75. The van der Waals surface area contributed by atoms with Crippen molar-refractivity contribution in [1.82, 2.24) is 0 Å². The molecule has 21 heavy (non-hydrogen) atoms. The van der Waals surface area contributed by atoms with Crippen LogP contribution in [0.25, 0.3) is 0 Å². The molecule has 1 aromatic rings. The molecule has 0 amide bonds. The van der Waals surface area contributed by atoms with Gasteiger partial charge < -0.3 is 9.47 Å². The van der Waals surface area contributed by atoms with E-state index in [-0.39, 0.29) is 19.0 Å². The van der Waals surface area contributed by atoms with Crippen molar-refractivity contribution in [2.24, 2.45) is 5.41 Å². The highest BCUT2D eigenvalue weighted by atomic mass is 79.9. The third-order valence-electron chi connectivity index (χ3n) is 2.82. The zero-order valence-electron chi connectivity index (χ0n) is 11.8. The van der Waals surface area contributed by atoms with Crippen molar-refractivity contribution in [2.45, 2.75) is 20.8 Å². The number of benzene rings is 1. The molecular weight excluding hydrogens is 383 g/mol. The maximum Gasteiger partial charge on any atom is 0.319 e. The Morgan fingerprint density at radius 1 is 1.24 bits per heavy atom. The summed E-state index contributed by atoms with van der Waals surface area (Å²) < 4.78 is 10.8. The molecule has 0 bridgehead atoms. The zero-order valence-corrected chi connectivity index (χ0v) is 14.9. The molecule has 0 radical (unpaired) electrons. The molecule has 0 heterocycles. The van der Waals surface area contributed by atoms with Crippen molar-refractivity contribution < 1.29 is 19.1 Å². The van der Waals surface area contributed by atoms with Crippen LogP contribution in [0.3, 0.4) is 0 Å². The summed E-state index contributed by atoms with van der Waals surface area (Å²) >= 11 is 15.2. The van der Waals surface area contributed by atoms with Gasteiger partial charge in [-0.05, 0) is 42.8 Å². The molecule has 0 aromatic heterocycles. The lowest BCUT2D eigenvalue weighted by Crippen LogP contribution is -2.38. The second kappa shape index (κ2) is 7.47. The van der Waals surface area contributed by atoms with Gasteiger partial charge in [0.2, 0.25) is 0 Å². The van der Waals surface area contributed by atoms with Gasteiger partial charge in [0.1, 0.15) is 17.8 Å². The quantitative estimate of drug-likeness (QED) is 0.408. The topological polar surface area (TPSA) is 52.6 Å². The maximum absolute atomic E-state index is 12.1. The summed E-state index contributed by atoms with van der Waals surface area (Å²) in [5.41, 5.74) is -1.28. The van der Waals surface area contributed by atoms with Gasteiger partial charge in [0, 0.05) is 10.5 Å². The molecule has 0 saturated carbocycles. The largest absolute Gasteiger partial charge is 0.484 e. The molecule has 0 N–H and O–H groups in total. The molecule has 0 fully saturated rings. The van der Waals surface area contributed by atoms with E-state index in [9.17, 15) is 9.59 Å². The predicted molar refractivity (Wildman–Crippen MR) is 85.1 cm³/mol. The third-order valence-corrected chi connectivity index (χ3v) is 4.31. The number of hydrogen-bond acceptors (Lipinski definition) is 4. The first-order chi connectivity index (χ1) is 9.70. The molecule has 1 rings (SSSR count). The predicted octanol–water partition coefficient (Wildman–Crippen LogP) is 4.29. The molecule has 0 unspecified atom stereocenters. The molecule has 0 atom stereocenters. The highest BCUT2D eigenvalue weighted by molar-refractivity contribution is 9.10. The Morgan fingerprint density at radius 3 is 2.43 bits per heavy atom. The van der Waals surface area contributed by atoms with Crippen LogP contribution in [0.1, 0.15) is 20.8 Å². The standard InChI is InChI=1S/C14H15BrCl2O4/c1-4-20-13(19)14(2,3)12(18)7-21-11-6-9(16)8(15)5-10(11)17/h5-6H,4,7H2,1-3H3. The van der Waals surface area contributed by atoms with Gasteiger partial charge in [-0.1, -0.05) is 23.2 Å². The number of carbonyl (C=O) groups is 2. The van der Waals surface area contributed by atoms with Crippen LogP contribution in [-0.4, -0.2) is 25.0 Å². The highest BCUT2D eigenvalue weighted by Crippen LogP contribution is 2.34. The average Bonchev–Trinajstić information content (AvgIpc) is 2.41. The summed E-state index contributed by atoms with van der Waals surface area (Å²) in [4.78, 5) is 23.8. The van der Waals surface area contributed by atoms with E-state index in [0.29, 0.717) is 14.5 Å². The van der Waals surface area contributed by atoms with Crippen LogP contribution in [0.5, 0.6) is 5.75 Å². The van der Waals surface area contributed by atoms with Gasteiger partial charge in [0.15, 0.2) is 5.78 Å². The van der Waals surface area contributed by atoms with Gasteiger partial charge in [-0.15, -0.1) is 0 Å².